The van der Waals surface area contributed by atoms with Crippen molar-refractivity contribution in [3.63, 3.8) is 0 Å². The zero-order valence-corrected chi connectivity index (χ0v) is 25.2. The molecule has 2 N–H and O–H groups in total. The predicted molar refractivity (Wildman–Crippen MR) is 175 cm³/mol. The predicted octanol–water partition coefficient (Wildman–Crippen LogP) is 6.86. The van der Waals surface area contributed by atoms with E-state index >= 15 is 0 Å². The fourth-order valence-electron chi connectivity index (χ4n) is 6.20. The minimum absolute atomic E-state index is 0.0509. The highest BCUT2D eigenvalue weighted by Crippen LogP contribution is 2.41. The van der Waals surface area contributed by atoms with Gasteiger partial charge in [-0.1, -0.05) is 41.9 Å². The van der Waals surface area contributed by atoms with Crippen molar-refractivity contribution in [2.75, 3.05) is 18.5 Å². The van der Waals surface area contributed by atoms with Crippen LogP contribution in [0.15, 0.2) is 85.2 Å². The molecule has 3 atom stereocenters. The number of hydrogen-bond donors (Lipinski definition) is 2. The number of anilines is 1. The third kappa shape index (κ3) is 5.58. The average molecular weight is 635 g/mol. The van der Waals surface area contributed by atoms with Crippen molar-refractivity contribution >= 4 is 62.2 Å². The number of nitrogens with zero attached hydrogens (tertiary/aromatic N) is 3. The Hall–Kier alpha value is -4.83. The third-order valence-corrected chi connectivity index (χ3v) is 8.89. The normalized spacial score (nSPS) is 17.0. The number of rotatable bonds is 8. The molecule has 8 nitrogen and oxygen atoms in total. The number of nitrogens with one attached hydrogen (secondary N) is 1. The Morgan fingerprint density at radius 1 is 1.02 bits per heavy atom. The maximum absolute atomic E-state index is 14.0. The van der Waals surface area contributed by atoms with Crippen molar-refractivity contribution in [2.45, 2.75) is 18.9 Å². The molecule has 3 unspecified atom stereocenters. The number of aromatic nitrogens is 3. The lowest BCUT2D eigenvalue weighted by Crippen LogP contribution is -2.27. The molecule has 2 aromatic heterocycles. The molecule has 1 fully saturated rings. The summed E-state index contributed by atoms with van der Waals surface area (Å²) in [6, 6.07) is 23.4. The van der Waals surface area contributed by atoms with Crippen LogP contribution in [0.5, 0.6) is 0 Å². The Labute approximate surface area is 268 Å². The summed E-state index contributed by atoms with van der Waals surface area (Å²) in [6.45, 7) is 0.352. The molecule has 1 aliphatic heterocycles. The monoisotopic (exact) mass is 634 g/mol. The van der Waals surface area contributed by atoms with Crippen LogP contribution in [0.25, 0.3) is 44.0 Å². The SMILES string of the molecule is O=CC(Cc1cccc2nc3ccccc3cc12)C(=O)Nc1cc2c(-c3ccc(F)c(Cl)c3)ncnc2cc1C1OCCC1CO. The van der Waals surface area contributed by atoms with Crippen molar-refractivity contribution in [3.8, 4) is 11.3 Å². The second-order valence-electron chi connectivity index (χ2n) is 11.4. The van der Waals surface area contributed by atoms with E-state index in [9.17, 15) is 19.1 Å². The molecule has 230 valence electrons. The summed E-state index contributed by atoms with van der Waals surface area (Å²) in [7, 11) is 0. The zero-order chi connectivity index (χ0) is 31.8. The number of carbonyl (C=O) groups excluding carboxylic acids is 2. The van der Waals surface area contributed by atoms with Crippen LogP contribution in [-0.4, -0.2) is 45.5 Å². The molecule has 1 aliphatic rings. The van der Waals surface area contributed by atoms with Gasteiger partial charge < -0.3 is 20.0 Å². The molecular weight excluding hydrogens is 607 g/mol. The van der Waals surface area contributed by atoms with Gasteiger partial charge in [-0.25, -0.2) is 19.3 Å². The first-order valence-corrected chi connectivity index (χ1v) is 15.3. The van der Waals surface area contributed by atoms with Crippen LogP contribution in [-0.2, 0) is 20.7 Å². The van der Waals surface area contributed by atoms with Crippen molar-refractivity contribution in [2.24, 2.45) is 11.8 Å². The molecule has 3 heterocycles. The molecule has 1 amide bonds. The molecule has 46 heavy (non-hydrogen) atoms. The number of fused-ring (bicyclic) bond motifs is 3. The first-order valence-electron chi connectivity index (χ1n) is 14.9. The summed E-state index contributed by atoms with van der Waals surface area (Å²) in [6.07, 6.45) is 2.37. The molecule has 0 radical (unpaired) electrons. The number of benzene rings is 4. The number of hydrogen-bond acceptors (Lipinski definition) is 7. The van der Waals surface area contributed by atoms with Crippen LogP contribution < -0.4 is 5.32 Å². The Balaban J connectivity index is 1.28. The molecule has 0 saturated carbocycles. The number of para-hydroxylation sites is 1. The number of aliphatic hydroxyl groups excluding tert-OH is 1. The maximum atomic E-state index is 14.0. The first-order chi connectivity index (χ1) is 22.4. The lowest BCUT2D eigenvalue weighted by Gasteiger charge is -2.22. The van der Waals surface area contributed by atoms with Crippen molar-refractivity contribution in [3.05, 3.63) is 107 Å². The van der Waals surface area contributed by atoms with Gasteiger partial charge in [0, 0.05) is 52.1 Å². The minimum Gasteiger partial charge on any atom is -0.396 e. The van der Waals surface area contributed by atoms with Crippen molar-refractivity contribution in [1.82, 2.24) is 15.0 Å². The van der Waals surface area contributed by atoms with Gasteiger partial charge in [0.05, 0.1) is 39.3 Å². The van der Waals surface area contributed by atoms with Gasteiger partial charge in [-0.3, -0.25) is 4.79 Å². The molecule has 0 aliphatic carbocycles. The van der Waals surface area contributed by atoms with Crippen LogP contribution in [0.4, 0.5) is 10.1 Å². The largest absolute Gasteiger partial charge is 0.396 e. The van der Waals surface area contributed by atoms with Crippen LogP contribution in [0.2, 0.25) is 5.02 Å². The van der Waals surface area contributed by atoms with E-state index in [0.717, 1.165) is 27.4 Å². The lowest BCUT2D eigenvalue weighted by molar-refractivity contribution is -0.125. The smallest absolute Gasteiger partial charge is 0.235 e. The van der Waals surface area contributed by atoms with Crippen LogP contribution in [0.1, 0.15) is 23.7 Å². The van der Waals surface area contributed by atoms with Gasteiger partial charge in [0.25, 0.3) is 0 Å². The molecular formula is C36H28ClFN4O4. The van der Waals surface area contributed by atoms with E-state index in [0.29, 0.717) is 52.7 Å². The van der Waals surface area contributed by atoms with E-state index in [1.807, 2.05) is 48.5 Å². The Kier molecular flexibility index (Phi) is 8.12. The summed E-state index contributed by atoms with van der Waals surface area (Å²) in [5.74, 6) is -2.25. The zero-order valence-electron chi connectivity index (χ0n) is 24.5. The van der Waals surface area contributed by atoms with Crippen LogP contribution >= 0.6 is 11.6 Å². The third-order valence-electron chi connectivity index (χ3n) is 8.60. The second kappa shape index (κ2) is 12.5. The van der Waals surface area contributed by atoms with E-state index in [1.165, 1.54) is 18.5 Å². The summed E-state index contributed by atoms with van der Waals surface area (Å²) in [5.41, 5.74) is 5.12. The number of amides is 1. The van der Waals surface area contributed by atoms with Gasteiger partial charge in [0.1, 0.15) is 18.4 Å². The van der Waals surface area contributed by atoms with E-state index < -0.39 is 23.7 Å². The van der Waals surface area contributed by atoms with E-state index in [1.54, 1.807) is 18.2 Å². The standard InChI is InChI=1S/C36H28ClFN4O4/c37-28-14-22(8-9-29(28)38)34-26-15-33(27(16-32(26)39-19-40-34)35-23(17-43)10-11-46-35)42-36(45)24(18-44)12-20-5-3-7-31-25(20)13-21-4-1-2-6-30(21)41-31/h1-9,13-16,18-19,23-24,35,43H,10-12,17H2,(H,42,45). The average Bonchev–Trinajstić information content (AvgIpc) is 3.56. The number of halogens is 2. The number of ether oxygens (including phenoxy) is 1. The maximum Gasteiger partial charge on any atom is 0.235 e. The fourth-order valence-corrected chi connectivity index (χ4v) is 6.38. The molecule has 0 spiro atoms. The quantitative estimate of drug-likeness (QED) is 0.107. The summed E-state index contributed by atoms with van der Waals surface area (Å²) in [5, 5.41) is 15.4. The van der Waals surface area contributed by atoms with Crippen molar-refractivity contribution in [1.29, 1.82) is 0 Å². The number of pyridine rings is 1. The van der Waals surface area contributed by atoms with E-state index in [2.05, 4.69) is 15.3 Å². The van der Waals surface area contributed by atoms with Gasteiger partial charge in [-0.2, -0.15) is 0 Å². The lowest BCUT2D eigenvalue weighted by atomic mass is 9.92. The number of carbonyl (C=O) groups is 2. The topological polar surface area (TPSA) is 114 Å². The van der Waals surface area contributed by atoms with E-state index in [4.69, 9.17) is 21.3 Å². The molecule has 4 aromatic carbocycles. The van der Waals surface area contributed by atoms with Gasteiger partial charge in [-0.05, 0) is 66.9 Å². The van der Waals surface area contributed by atoms with Gasteiger partial charge >= 0.3 is 0 Å². The summed E-state index contributed by atoms with van der Waals surface area (Å²) in [4.78, 5) is 40.0. The minimum atomic E-state index is -1.01. The first kappa shape index (κ1) is 29.9. The summed E-state index contributed by atoms with van der Waals surface area (Å²) < 4.78 is 20.0. The molecule has 10 heteroatoms. The molecule has 6 aromatic rings. The second-order valence-corrected chi connectivity index (χ2v) is 11.8. The fraction of sp³-hybridized carbons (Fsp3) is 0.194. The van der Waals surface area contributed by atoms with E-state index in [-0.39, 0.29) is 24.0 Å². The van der Waals surface area contributed by atoms with Gasteiger partial charge in [0.15, 0.2) is 0 Å². The Bertz CT molecular complexity index is 2140. The molecule has 7 rings (SSSR count). The number of aldehydes is 1. The molecule has 0 bridgehead atoms. The highest BCUT2D eigenvalue weighted by atomic mass is 35.5. The highest BCUT2D eigenvalue weighted by molar-refractivity contribution is 6.31. The van der Waals surface area contributed by atoms with Crippen molar-refractivity contribution < 1.29 is 23.8 Å². The Morgan fingerprint density at radius 3 is 2.70 bits per heavy atom. The van der Waals surface area contributed by atoms with Gasteiger partial charge in [-0.15, -0.1) is 0 Å². The Morgan fingerprint density at radius 2 is 1.87 bits per heavy atom. The highest BCUT2D eigenvalue weighted by Gasteiger charge is 2.32. The molecule has 1 saturated heterocycles. The van der Waals surface area contributed by atoms with Gasteiger partial charge in [0.2, 0.25) is 5.91 Å². The summed E-state index contributed by atoms with van der Waals surface area (Å²) >= 11 is 6.09. The van der Waals surface area contributed by atoms with Crippen LogP contribution in [0.3, 0.4) is 0 Å². The number of aliphatic hydroxyl groups is 1. The van der Waals surface area contributed by atoms with Crippen LogP contribution in [0, 0.1) is 17.7 Å².